The number of allylic oxidation sites excluding steroid dienone is 4. The Labute approximate surface area is 352 Å². The Kier molecular flexibility index (Phi) is 12.2. The molecule has 2 aliphatic carbocycles. The molecule has 0 bridgehead atoms. The van der Waals surface area contributed by atoms with E-state index in [1.807, 2.05) is 69.3 Å². The van der Waals surface area contributed by atoms with E-state index in [9.17, 15) is 38.4 Å². The molecule has 0 saturated heterocycles. The molecule has 0 N–H and O–H groups in total. The SMILES string of the molecule is CCc1nc2c(c3c1C(=O)C(Sc1ccccc1C)=CC3=O)c(=O)n(C)c(=O)n2C.CCc1nc2c(c3c1C(=O)C=CC3=O)c(=O)n(C)c(=O)n2C.Cc1ccccc1S. The van der Waals surface area contributed by atoms with Gasteiger partial charge in [-0.3, -0.25) is 47.0 Å². The number of carbonyl (C=O) groups is 4. The van der Waals surface area contributed by atoms with Crippen molar-refractivity contribution in [3.05, 3.63) is 158 Å². The second-order valence-electron chi connectivity index (χ2n) is 14.1. The lowest BCUT2D eigenvalue weighted by Gasteiger charge is -2.20. The van der Waals surface area contributed by atoms with Gasteiger partial charge in [0, 0.05) is 44.1 Å². The monoisotopic (exact) mass is 844 g/mol. The Morgan fingerprint density at radius 3 is 1.48 bits per heavy atom. The molecule has 0 saturated carbocycles. The molecule has 2 aliphatic rings. The van der Waals surface area contributed by atoms with E-state index in [0.29, 0.717) is 29.1 Å². The van der Waals surface area contributed by atoms with E-state index >= 15 is 0 Å². The van der Waals surface area contributed by atoms with Crippen LogP contribution in [0.4, 0.5) is 0 Å². The number of Topliss-reactive ketones (excluding diaryl/α,β-unsaturated/α-hetero) is 1. The third kappa shape index (κ3) is 7.47. The topological polar surface area (TPSA) is 182 Å². The number of ketones is 4. The lowest BCUT2D eigenvalue weighted by molar-refractivity contribution is 0.0991. The van der Waals surface area contributed by atoms with E-state index in [-0.39, 0.29) is 55.9 Å². The fourth-order valence-electron chi connectivity index (χ4n) is 6.91. The van der Waals surface area contributed by atoms with Crippen molar-refractivity contribution in [3.63, 3.8) is 0 Å². The zero-order valence-corrected chi connectivity index (χ0v) is 35.8. The molecule has 0 aliphatic heterocycles. The summed E-state index contributed by atoms with van der Waals surface area (Å²) in [6, 6.07) is 15.6. The molecule has 16 heteroatoms. The van der Waals surface area contributed by atoms with Gasteiger partial charge in [-0.2, -0.15) is 0 Å². The van der Waals surface area contributed by atoms with Crippen molar-refractivity contribution >= 4 is 69.6 Å². The van der Waals surface area contributed by atoms with Gasteiger partial charge in [0.15, 0.2) is 17.3 Å². The number of thiol groups is 1. The number of pyridine rings is 2. The smallest absolute Gasteiger partial charge is 0.289 e. The second kappa shape index (κ2) is 17.0. The molecule has 60 heavy (non-hydrogen) atoms. The predicted molar refractivity (Wildman–Crippen MR) is 233 cm³/mol. The lowest BCUT2D eigenvalue weighted by Crippen LogP contribution is -2.39. The average Bonchev–Trinajstić information content (AvgIpc) is 3.24. The summed E-state index contributed by atoms with van der Waals surface area (Å²) < 4.78 is 4.28. The molecule has 306 valence electrons. The van der Waals surface area contributed by atoms with Gasteiger partial charge in [0.2, 0.25) is 5.78 Å². The van der Waals surface area contributed by atoms with Crippen LogP contribution in [0.2, 0.25) is 0 Å². The summed E-state index contributed by atoms with van der Waals surface area (Å²) >= 11 is 5.43. The van der Waals surface area contributed by atoms with Crippen LogP contribution in [-0.4, -0.2) is 51.4 Å². The largest absolute Gasteiger partial charge is 0.332 e. The highest BCUT2D eigenvalue weighted by Gasteiger charge is 2.34. The third-order valence-electron chi connectivity index (χ3n) is 10.3. The van der Waals surface area contributed by atoms with Crippen LogP contribution in [0.5, 0.6) is 0 Å². The molecular formula is C44H40N6O8S2. The molecule has 0 radical (unpaired) electrons. The number of aryl methyl sites for hydroxylation is 6. The van der Waals surface area contributed by atoms with Gasteiger partial charge in [0.05, 0.1) is 49.3 Å². The zero-order valence-electron chi connectivity index (χ0n) is 34.1. The van der Waals surface area contributed by atoms with Crippen molar-refractivity contribution in [2.45, 2.75) is 50.3 Å². The van der Waals surface area contributed by atoms with Gasteiger partial charge in [-0.15, -0.1) is 12.6 Å². The maximum absolute atomic E-state index is 13.4. The van der Waals surface area contributed by atoms with Crippen molar-refractivity contribution < 1.29 is 19.2 Å². The van der Waals surface area contributed by atoms with E-state index < -0.39 is 34.1 Å². The number of carbonyl (C=O) groups excluding carboxylic acids is 4. The Balaban J connectivity index is 0.000000175. The number of rotatable bonds is 4. The van der Waals surface area contributed by atoms with E-state index in [1.54, 1.807) is 6.92 Å². The summed E-state index contributed by atoms with van der Waals surface area (Å²) in [5.41, 5.74) is 1.35. The number of nitrogens with zero attached hydrogens (tertiary/aromatic N) is 6. The molecule has 0 fully saturated rings. The Bertz CT molecular complexity index is 3170. The van der Waals surface area contributed by atoms with Crippen molar-refractivity contribution in [3.8, 4) is 0 Å². The third-order valence-corrected chi connectivity index (χ3v) is 12.0. The fraction of sp³-hybridized carbons (Fsp3) is 0.227. The molecule has 6 aromatic rings. The van der Waals surface area contributed by atoms with Crippen LogP contribution in [0.3, 0.4) is 0 Å². The molecular weight excluding hydrogens is 805 g/mol. The van der Waals surface area contributed by atoms with E-state index in [0.717, 1.165) is 30.6 Å². The molecule has 4 aromatic heterocycles. The minimum Gasteiger partial charge on any atom is -0.289 e. The van der Waals surface area contributed by atoms with E-state index in [1.165, 1.54) is 66.8 Å². The maximum atomic E-state index is 13.4. The summed E-state index contributed by atoms with van der Waals surface area (Å²) in [6.07, 6.45) is 4.40. The Morgan fingerprint density at radius 2 is 1.02 bits per heavy atom. The minimum absolute atomic E-state index is 0.00124. The number of hydrogen-bond acceptors (Lipinski definition) is 12. The van der Waals surface area contributed by atoms with Crippen LogP contribution in [-0.2, 0) is 41.0 Å². The van der Waals surface area contributed by atoms with Crippen molar-refractivity contribution in [1.82, 2.24) is 28.2 Å². The van der Waals surface area contributed by atoms with E-state index in [2.05, 4.69) is 22.6 Å². The molecule has 2 aromatic carbocycles. The second-order valence-corrected chi connectivity index (χ2v) is 15.6. The number of fused-ring (bicyclic) bond motifs is 6. The van der Waals surface area contributed by atoms with Crippen molar-refractivity contribution in [2.75, 3.05) is 0 Å². The van der Waals surface area contributed by atoms with Gasteiger partial charge in [0.1, 0.15) is 11.3 Å². The van der Waals surface area contributed by atoms with Gasteiger partial charge in [0.25, 0.3) is 11.1 Å². The van der Waals surface area contributed by atoms with Gasteiger partial charge in [-0.25, -0.2) is 19.6 Å². The molecule has 0 amide bonds. The summed E-state index contributed by atoms with van der Waals surface area (Å²) in [4.78, 5) is 112. The average molecular weight is 845 g/mol. The van der Waals surface area contributed by atoms with Crippen LogP contribution < -0.4 is 22.5 Å². The Hall–Kier alpha value is -6.52. The first kappa shape index (κ1) is 43.1. The fourth-order valence-corrected chi connectivity index (χ4v) is 8.05. The lowest BCUT2D eigenvalue weighted by atomic mass is 9.90. The highest BCUT2D eigenvalue weighted by Crippen LogP contribution is 2.37. The maximum Gasteiger partial charge on any atom is 0.332 e. The number of thioether (sulfide) groups is 1. The van der Waals surface area contributed by atoms with E-state index in [4.69, 9.17) is 0 Å². The molecule has 0 spiro atoms. The van der Waals surface area contributed by atoms with Crippen LogP contribution >= 0.6 is 24.4 Å². The predicted octanol–water partition coefficient (Wildman–Crippen LogP) is 4.97. The first-order valence-corrected chi connectivity index (χ1v) is 20.0. The van der Waals surface area contributed by atoms with Crippen molar-refractivity contribution in [2.24, 2.45) is 28.2 Å². The molecule has 0 unspecified atom stereocenters. The molecule has 14 nitrogen and oxygen atoms in total. The van der Waals surface area contributed by atoms with Gasteiger partial charge in [-0.05, 0) is 62.1 Å². The Morgan fingerprint density at radius 1 is 0.567 bits per heavy atom. The van der Waals surface area contributed by atoms with Gasteiger partial charge < -0.3 is 0 Å². The van der Waals surface area contributed by atoms with Crippen LogP contribution in [0.25, 0.3) is 22.1 Å². The molecule has 8 rings (SSSR count). The molecule has 0 atom stereocenters. The minimum atomic E-state index is -0.635. The van der Waals surface area contributed by atoms with Crippen molar-refractivity contribution in [1.29, 1.82) is 0 Å². The normalized spacial score (nSPS) is 13.1. The zero-order chi connectivity index (χ0) is 43.9. The van der Waals surface area contributed by atoms with Crippen LogP contribution in [0.15, 0.2) is 101 Å². The highest BCUT2D eigenvalue weighted by molar-refractivity contribution is 8.04. The van der Waals surface area contributed by atoms with Crippen LogP contribution in [0, 0.1) is 13.8 Å². The number of aromatic nitrogens is 6. The summed E-state index contributed by atoms with van der Waals surface area (Å²) in [5.74, 6) is -1.54. The van der Waals surface area contributed by atoms with Crippen LogP contribution in [0.1, 0.15) is 77.8 Å². The number of hydrogen-bond donors (Lipinski definition) is 1. The highest BCUT2D eigenvalue weighted by atomic mass is 32.2. The summed E-state index contributed by atoms with van der Waals surface area (Å²) in [7, 11) is 5.64. The first-order valence-electron chi connectivity index (χ1n) is 18.8. The van der Waals surface area contributed by atoms with Gasteiger partial charge in [-0.1, -0.05) is 62.0 Å². The van der Waals surface area contributed by atoms with Gasteiger partial charge >= 0.3 is 11.4 Å². The molecule has 4 heterocycles. The standard InChI is InChI=1S/C22H19N3O4S.C15H13N3O4.C7H8S/c1-5-12-16-17(18-20(23-12)24(3)22(29)25(4)21(18)28)13(26)10-15(19(16)27)30-14-9-7-6-8-11(14)2;1-4-7-10-8(19)5-6-9(20)11(10)12-13(16-7)17(2)15(22)18(3)14(12)21;1-6-4-2-3-5-7(6)8/h6-10H,5H2,1-4H3;5-6H,4H2,1-3H3;2-5,8H,1H3. The summed E-state index contributed by atoms with van der Waals surface area (Å²) in [5, 5.41) is 0.0147. The quantitative estimate of drug-likeness (QED) is 0.237. The first-order chi connectivity index (χ1) is 28.4. The number of benzene rings is 2. The summed E-state index contributed by atoms with van der Waals surface area (Å²) in [6.45, 7) is 7.59.